The molecule has 152 valence electrons. The van der Waals surface area contributed by atoms with E-state index in [1.54, 1.807) is 24.3 Å². The second-order valence-corrected chi connectivity index (χ2v) is 6.52. The number of oxazole rings is 1. The van der Waals surface area contributed by atoms with Crippen molar-refractivity contribution in [3.63, 3.8) is 0 Å². The Morgan fingerprint density at radius 3 is 2.63 bits per heavy atom. The first-order chi connectivity index (χ1) is 14.6. The zero-order valence-electron chi connectivity index (χ0n) is 16.2. The lowest BCUT2D eigenvalue weighted by Gasteiger charge is -2.05. The molecule has 0 saturated heterocycles. The molecule has 0 bridgehead atoms. The van der Waals surface area contributed by atoms with E-state index >= 15 is 0 Å². The van der Waals surface area contributed by atoms with Crippen LogP contribution >= 0.6 is 0 Å². The maximum Gasteiger partial charge on any atom is 0.277 e. The van der Waals surface area contributed by atoms with Gasteiger partial charge in [-0.1, -0.05) is 29.4 Å². The van der Waals surface area contributed by atoms with Gasteiger partial charge < -0.3 is 9.73 Å². The third-order valence-corrected chi connectivity index (χ3v) is 4.29. The highest BCUT2D eigenvalue weighted by atomic mass is 19.1. The Labute approximate surface area is 172 Å². The lowest BCUT2D eigenvalue weighted by Crippen LogP contribution is -2.12. The van der Waals surface area contributed by atoms with E-state index in [9.17, 15) is 9.18 Å². The monoisotopic (exact) mass is 405 g/mol. The van der Waals surface area contributed by atoms with Gasteiger partial charge in [0.05, 0.1) is 0 Å². The van der Waals surface area contributed by atoms with Crippen LogP contribution in [-0.2, 0) is 6.42 Å². The Morgan fingerprint density at radius 2 is 1.90 bits per heavy atom. The molecular formula is C22H20FN5O2. The Morgan fingerprint density at radius 1 is 1.13 bits per heavy atom. The Balaban J connectivity index is 1.52. The summed E-state index contributed by atoms with van der Waals surface area (Å²) in [4.78, 5) is 19.2. The second-order valence-electron chi connectivity index (χ2n) is 6.52. The molecule has 1 aromatic heterocycles. The minimum atomic E-state index is -0.373. The number of aromatic nitrogens is 1. The molecule has 3 rings (SSSR count). The molecule has 1 heterocycles. The quantitative estimate of drug-likeness (QED) is 0.208. The molecule has 30 heavy (non-hydrogen) atoms. The molecule has 1 N–H and O–H groups in total. The molecule has 8 heteroatoms. The number of rotatable bonds is 9. The van der Waals surface area contributed by atoms with E-state index in [1.165, 1.54) is 18.4 Å². The predicted octanol–water partition coefficient (Wildman–Crippen LogP) is 5.87. The van der Waals surface area contributed by atoms with Crippen LogP contribution in [0, 0.1) is 5.82 Å². The van der Waals surface area contributed by atoms with Gasteiger partial charge in [0.2, 0.25) is 5.89 Å². The van der Waals surface area contributed by atoms with Gasteiger partial charge in [0, 0.05) is 23.2 Å². The summed E-state index contributed by atoms with van der Waals surface area (Å²) in [6.45, 7) is 0.503. The zero-order chi connectivity index (χ0) is 21.2. The first-order valence-corrected chi connectivity index (χ1v) is 9.44. The van der Waals surface area contributed by atoms with Crippen molar-refractivity contribution >= 4 is 23.7 Å². The van der Waals surface area contributed by atoms with Gasteiger partial charge in [0.15, 0.2) is 5.69 Å². The van der Waals surface area contributed by atoms with E-state index in [0.29, 0.717) is 12.2 Å². The third kappa shape index (κ3) is 6.32. The fourth-order valence-electron chi connectivity index (χ4n) is 2.72. The van der Waals surface area contributed by atoms with Crippen LogP contribution in [0.15, 0.2) is 64.3 Å². The topological polar surface area (TPSA) is 104 Å². The molecule has 0 aliphatic rings. The number of anilines is 1. The van der Waals surface area contributed by atoms with Crippen LogP contribution in [-0.4, -0.2) is 17.4 Å². The molecule has 0 unspecified atom stereocenters. The summed E-state index contributed by atoms with van der Waals surface area (Å²) in [7, 11) is 0. The average Bonchev–Trinajstić information content (AvgIpc) is 3.24. The van der Waals surface area contributed by atoms with Crippen molar-refractivity contribution < 1.29 is 13.6 Å². The zero-order valence-corrected chi connectivity index (χ0v) is 16.2. The van der Waals surface area contributed by atoms with Gasteiger partial charge in [-0.3, -0.25) is 4.79 Å². The summed E-state index contributed by atoms with van der Waals surface area (Å²) in [5.41, 5.74) is 11.0. The molecule has 0 aliphatic heterocycles. The standard InChI is InChI=1S/C22H20FN5O2/c23-18-9-4-17(5-10-18)8-13-21-27-20(15-30-21)22(29)26-19-11-6-16(7-12-19)3-1-2-14-25-28-24/h4-13,15H,1-3,14H2,(H,26,29)/b13-8+. The van der Waals surface area contributed by atoms with Crippen LogP contribution in [0.25, 0.3) is 22.6 Å². The summed E-state index contributed by atoms with van der Waals surface area (Å²) in [5.74, 6) is -0.400. The number of benzene rings is 2. The van der Waals surface area contributed by atoms with Crippen molar-refractivity contribution in [1.29, 1.82) is 0 Å². The number of carbonyl (C=O) groups excluding carboxylic acids is 1. The van der Waals surface area contributed by atoms with Gasteiger partial charge in [-0.25, -0.2) is 9.37 Å². The van der Waals surface area contributed by atoms with Crippen LogP contribution < -0.4 is 5.32 Å². The number of carbonyl (C=O) groups is 1. The summed E-state index contributed by atoms with van der Waals surface area (Å²) in [5, 5.41) is 6.29. The summed E-state index contributed by atoms with van der Waals surface area (Å²) in [6, 6.07) is 13.5. The van der Waals surface area contributed by atoms with Gasteiger partial charge in [0.1, 0.15) is 12.1 Å². The van der Waals surface area contributed by atoms with Crippen molar-refractivity contribution in [3.05, 3.63) is 93.8 Å². The molecule has 0 fully saturated rings. The van der Waals surface area contributed by atoms with Crippen LogP contribution in [0.1, 0.15) is 40.3 Å². The number of amides is 1. The van der Waals surface area contributed by atoms with Crippen molar-refractivity contribution in [1.82, 2.24) is 4.98 Å². The Bertz CT molecular complexity index is 1050. The molecule has 7 nitrogen and oxygen atoms in total. The van der Waals surface area contributed by atoms with Crippen molar-refractivity contribution in [2.24, 2.45) is 5.11 Å². The molecule has 0 saturated carbocycles. The molecule has 0 spiro atoms. The number of hydrogen-bond acceptors (Lipinski definition) is 4. The van der Waals surface area contributed by atoms with E-state index < -0.39 is 0 Å². The maximum atomic E-state index is 12.9. The maximum absolute atomic E-state index is 12.9. The van der Waals surface area contributed by atoms with Gasteiger partial charge in [-0.05, 0) is 66.3 Å². The van der Waals surface area contributed by atoms with Crippen LogP contribution in [0.2, 0.25) is 0 Å². The number of nitrogens with one attached hydrogen (secondary N) is 1. The number of azide groups is 1. The van der Waals surface area contributed by atoms with Crippen molar-refractivity contribution in [3.8, 4) is 0 Å². The SMILES string of the molecule is [N-]=[N+]=NCCCCc1ccc(NC(=O)c2coc(/C=C/c3ccc(F)cc3)n2)cc1. The Hall–Kier alpha value is -3.90. The van der Waals surface area contributed by atoms with Gasteiger partial charge >= 0.3 is 0 Å². The Kier molecular flexibility index (Phi) is 7.35. The number of unbranched alkanes of at least 4 members (excludes halogenated alkanes) is 1. The van der Waals surface area contributed by atoms with Crippen molar-refractivity contribution in [2.75, 3.05) is 11.9 Å². The largest absolute Gasteiger partial charge is 0.444 e. The minimum absolute atomic E-state index is 0.163. The molecule has 0 atom stereocenters. The van der Waals surface area contributed by atoms with Crippen LogP contribution in [0.4, 0.5) is 10.1 Å². The minimum Gasteiger partial charge on any atom is -0.444 e. The van der Waals surface area contributed by atoms with E-state index in [0.717, 1.165) is 30.4 Å². The lowest BCUT2D eigenvalue weighted by molar-refractivity contribution is 0.102. The number of nitrogens with zero attached hydrogens (tertiary/aromatic N) is 4. The first-order valence-electron chi connectivity index (χ1n) is 9.44. The van der Waals surface area contributed by atoms with E-state index in [1.807, 2.05) is 24.3 Å². The summed E-state index contributed by atoms with van der Waals surface area (Å²) < 4.78 is 18.2. The van der Waals surface area contributed by atoms with E-state index in [-0.39, 0.29) is 23.3 Å². The lowest BCUT2D eigenvalue weighted by atomic mass is 10.1. The van der Waals surface area contributed by atoms with Crippen LogP contribution in [0.3, 0.4) is 0 Å². The average molecular weight is 405 g/mol. The number of aryl methyl sites for hydroxylation is 1. The van der Waals surface area contributed by atoms with E-state index in [2.05, 4.69) is 20.3 Å². The first kappa shape index (κ1) is 20.8. The van der Waals surface area contributed by atoms with Gasteiger partial charge in [-0.2, -0.15) is 0 Å². The highest BCUT2D eigenvalue weighted by Crippen LogP contribution is 2.14. The normalized spacial score (nSPS) is 10.7. The smallest absolute Gasteiger partial charge is 0.277 e. The molecular weight excluding hydrogens is 385 g/mol. The van der Waals surface area contributed by atoms with E-state index in [4.69, 9.17) is 9.95 Å². The number of hydrogen-bond donors (Lipinski definition) is 1. The summed E-state index contributed by atoms with van der Waals surface area (Å²) in [6.07, 6.45) is 7.27. The van der Waals surface area contributed by atoms with Crippen LogP contribution in [0.5, 0.6) is 0 Å². The molecule has 3 aromatic rings. The fourth-order valence-corrected chi connectivity index (χ4v) is 2.72. The van der Waals surface area contributed by atoms with Gasteiger partial charge in [-0.15, -0.1) is 0 Å². The molecule has 0 aliphatic carbocycles. The van der Waals surface area contributed by atoms with Crippen molar-refractivity contribution in [2.45, 2.75) is 19.3 Å². The second kappa shape index (κ2) is 10.6. The predicted molar refractivity (Wildman–Crippen MR) is 113 cm³/mol. The fraction of sp³-hybridized carbons (Fsp3) is 0.182. The highest BCUT2D eigenvalue weighted by molar-refractivity contribution is 6.02. The number of halogens is 1. The third-order valence-electron chi connectivity index (χ3n) is 4.29. The highest BCUT2D eigenvalue weighted by Gasteiger charge is 2.11. The summed E-state index contributed by atoms with van der Waals surface area (Å²) >= 11 is 0. The molecule has 0 radical (unpaired) electrons. The molecule has 2 aromatic carbocycles. The van der Waals surface area contributed by atoms with Gasteiger partial charge in [0.25, 0.3) is 5.91 Å². The molecule has 1 amide bonds.